The first-order valence-corrected chi connectivity index (χ1v) is 7.59. The number of methoxy groups -OCH3 is 1. The smallest absolute Gasteiger partial charge is 0.228 e. The fourth-order valence-corrected chi connectivity index (χ4v) is 2.91. The van der Waals surface area contributed by atoms with Gasteiger partial charge in [-0.3, -0.25) is 9.59 Å². The summed E-state index contributed by atoms with van der Waals surface area (Å²) in [5.74, 6) is 0.0580. The third-order valence-electron chi connectivity index (χ3n) is 4.31. The molecule has 22 heavy (non-hydrogen) atoms. The van der Waals surface area contributed by atoms with Gasteiger partial charge in [0, 0.05) is 45.6 Å². The van der Waals surface area contributed by atoms with Crippen LogP contribution in [0.15, 0.2) is 12.5 Å². The van der Waals surface area contributed by atoms with Crippen LogP contribution in [0.5, 0.6) is 0 Å². The van der Waals surface area contributed by atoms with Crippen LogP contribution in [0.1, 0.15) is 31.4 Å². The number of carbonyl (C=O) groups is 2. The Labute approximate surface area is 130 Å². The molecule has 7 nitrogen and oxygen atoms in total. The number of carbonyl (C=O) groups excluding carboxylic acids is 2. The molecular weight excluding hydrogens is 284 g/mol. The number of imidazole rings is 1. The molecule has 2 rings (SSSR count). The minimum absolute atomic E-state index is 0.00247. The Morgan fingerprint density at radius 2 is 2.36 bits per heavy atom. The van der Waals surface area contributed by atoms with Gasteiger partial charge < -0.3 is 19.9 Å². The predicted molar refractivity (Wildman–Crippen MR) is 81.1 cm³/mol. The van der Waals surface area contributed by atoms with E-state index in [-0.39, 0.29) is 11.8 Å². The van der Waals surface area contributed by atoms with Gasteiger partial charge in [-0.05, 0) is 19.3 Å². The Morgan fingerprint density at radius 3 is 3.00 bits per heavy atom. The van der Waals surface area contributed by atoms with Gasteiger partial charge in [-0.1, -0.05) is 0 Å². The second-order valence-electron chi connectivity index (χ2n) is 5.73. The largest absolute Gasteiger partial charge is 0.376 e. The monoisotopic (exact) mass is 308 g/mol. The zero-order valence-electron chi connectivity index (χ0n) is 13.2. The number of hydrogen-bond acceptors (Lipinski definition) is 4. The molecule has 1 aliphatic rings. The van der Waals surface area contributed by atoms with Crippen LogP contribution in [-0.4, -0.2) is 59.5 Å². The van der Waals surface area contributed by atoms with Gasteiger partial charge >= 0.3 is 0 Å². The summed E-state index contributed by atoms with van der Waals surface area (Å²) in [6, 6.07) is 0. The molecule has 1 fully saturated rings. The van der Waals surface area contributed by atoms with Crippen LogP contribution < -0.4 is 5.32 Å². The molecule has 0 radical (unpaired) electrons. The third kappa shape index (κ3) is 4.07. The lowest BCUT2D eigenvalue weighted by atomic mass is 9.87. The summed E-state index contributed by atoms with van der Waals surface area (Å²) < 4.78 is 5.70. The second-order valence-corrected chi connectivity index (χ2v) is 5.73. The molecule has 0 spiro atoms. The molecule has 1 saturated heterocycles. The zero-order chi connectivity index (χ0) is 16.0. The molecule has 7 heteroatoms. The van der Waals surface area contributed by atoms with Gasteiger partial charge in [0.15, 0.2) is 0 Å². The topological polar surface area (TPSA) is 87.3 Å². The third-order valence-corrected chi connectivity index (χ3v) is 4.31. The quantitative estimate of drug-likeness (QED) is 0.800. The number of amides is 2. The molecule has 0 aliphatic carbocycles. The van der Waals surface area contributed by atoms with Crippen LogP contribution in [0.25, 0.3) is 0 Å². The number of likely N-dealkylation sites (tertiary alicyclic amines) is 1. The van der Waals surface area contributed by atoms with Crippen LogP contribution in [0, 0.1) is 0 Å². The maximum absolute atomic E-state index is 12.4. The number of piperidine rings is 1. The van der Waals surface area contributed by atoms with E-state index in [2.05, 4.69) is 15.3 Å². The number of aromatic amines is 1. The summed E-state index contributed by atoms with van der Waals surface area (Å²) >= 11 is 0. The molecule has 1 aromatic heterocycles. The maximum Gasteiger partial charge on any atom is 0.228 e. The number of nitrogens with one attached hydrogen (secondary N) is 2. The Kier molecular flexibility index (Phi) is 5.54. The van der Waals surface area contributed by atoms with Gasteiger partial charge in [0.1, 0.15) is 0 Å². The van der Waals surface area contributed by atoms with Crippen LogP contribution in [0.2, 0.25) is 0 Å². The number of aromatic nitrogens is 2. The van der Waals surface area contributed by atoms with E-state index < -0.39 is 5.60 Å². The van der Waals surface area contributed by atoms with E-state index in [0.29, 0.717) is 25.8 Å². The van der Waals surface area contributed by atoms with Crippen molar-refractivity contribution in [2.75, 3.05) is 27.2 Å². The predicted octanol–water partition coefficient (Wildman–Crippen LogP) is 0.486. The highest BCUT2D eigenvalue weighted by atomic mass is 16.5. The van der Waals surface area contributed by atoms with Crippen LogP contribution >= 0.6 is 0 Å². The lowest BCUT2D eigenvalue weighted by Gasteiger charge is -2.42. The molecule has 0 saturated carbocycles. The average molecular weight is 308 g/mol. The lowest BCUT2D eigenvalue weighted by Crippen LogP contribution is -2.52. The van der Waals surface area contributed by atoms with E-state index in [9.17, 15) is 9.59 Å². The Balaban J connectivity index is 1.96. The Hall–Kier alpha value is -1.89. The zero-order valence-corrected chi connectivity index (χ0v) is 13.2. The summed E-state index contributed by atoms with van der Waals surface area (Å²) in [5, 5.41) is 2.62. The van der Waals surface area contributed by atoms with Crippen molar-refractivity contribution in [3.8, 4) is 0 Å². The fraction of sp³-hybridized carbons (Fsp3) is 0.667. The fourth-order valence-electron chi connectivity index (χ4n) is 2.91. The van der Waals surface area contributed by atoms with E-state index in [1.54, 1.807) is 26.7 Å². The van der Waals surface area contributed by atoms with Gasteiger partial charge in [0.25, 0.3) is 0 Å². The highest BCUT2D eigenvalue weighted by Crippen LogP contribution is 2.29. The van der Waals surface area contributed by atoms with Crippen molar-refractivity contribution in [3.05, 3.63) is 18.2 Å². The van der Waals surface area contributed by atoms with Gasteiger partial charge in [-0.2, -0.15) is 0 Å². The van der Waals surface area contributed by atoms with Crippen molar-refractivity contribution in [2.24, 2.45) is 0 Å². The van der Waals surface area contributed by atoms with Crippen LogP contribution in [0.4, 0.5) is 0 Å². The summed E-state index contributed by atoms with van der Waals surface area (Å²) in [6.45, 7) is 1.27. The summed E-state index contributed by atoms with van der Waals surface area (Å²) in [4.78, 5) is 32.6. The van der Waals surface area contributed by atoms with Gasteiger partial charge in [0.05, 0.1) is 18.3 Å². The van der Waals surface area contributed by atoms with Gasteiger partial charge in [0.2, 0.25) is 11.8 Å². The molecule has 2 heterocycles. The number of rotatable bonds is 6. The minimum atomic E-state index is -0.422. The highest BCUT2D eigenvalue weighted by molar-refractivity contribution is 5.78. The molecule has 1 atom stereocenters. The van der Waals surface area contributed by atoms with Crippen LogP contribution in [-0.2, 0) is 20.7 Å². The molecule has 2 N–H and O–H groups in total. The molecule has 1 unspecified atom stereocenters. The van der Waals surface area contributed by atoms with E-state index in [4.69, 9.17) is 4.74 Å². The number of hydrogen-bond donors (Lipinski definition) is 2. The van der Waals surface area contributed by atoms with E-state index in [1.165, 1.54) is 0 Å². The molecule has 2 amide bonds. The SMILES string of the molecule is CNC(=O)CCC1(OC)CCCN(C(=O)Cc2cnc[nH]2)C1. The minimum Gasteiger partial charge on any atom is -0.376 e. The second kappa shape index (κ2) is 7.40. The first kappa shape index (κ1) is 16.5. The molecule has 1 aromatic rings. The number of nitrogens with zero attached hydrogens (tertiary/aromatic N) is 2. The maximum atomic E-state index is 12.4. The van der Waals surface area contributed by atoms with Crippen molar-refractivity contribution in [2.45, 2.75) is 37.7 Å². The first-order chi connectivity index (χ1) is 10.6. The number of H-pyrrole nitrogens is 1. The highest BCUT2D eigenvalue weighted by Gasteiger charge is 2.37. The van der Waals surface area contributed by atoms with E-state index in [0.717, 1.165) is 25.1 Å². The summed E-state index contributed by atoms with van der Waals surface area (Å²) in [6.07, 6.45) is 6.34. The summed E-state index contributed by atoms with van der Waals surface area (Å²) in [5.41, 5.74) is 0.387. The van der Waals surface area contributed by atoms with Crippen molar-refractivity contribution < 1.29 is 14.3 Å². The van der Waals surface area contributed by atoms with E-state index >= 15 is 0 Å². The van der Waals surface area contributed by atoms with Crippen molar-refractivity contribution in [1.29, 1.82) is 0 Å². The normalized spacial score (nSPS) is 21.6. The van der Waals surface area contributed by atoms with Crippen molar-refractivity contribution in [3.63, 3.8) is 0 Å². The van der Waals surface area contributed by atoms with Gasteiger partial charge in [-0.15, -0.1) is 0 Å². The molecule has 122 valence electrons. The molecule has 1 aliphatic heterocycles. The Morgan fingerprint density at radius 1 is 1.55 bits per heavy atom. The standard InChI is InChI=1S/C15H24N4O3/c1-16-13(20)4-6-15(22-2)5-3-7-19(10-15)14(21)8-12-9-17-11-18-12/h9,11H,3-8,10H2,1-2H3,(H,16,20)(H,17,18). The number of ether oxygens (including phenoxy) is 1. The average Bonchev–Trinajstić information content (AvgIpc) is 3.05. The van der Waals surface area contributed by atoms with Crippen LogP contribution in [0.3, 0.4) is 0 Å². The Bertz CT molecular complexity index is 503. The molecule has 0 aromatic carbocycles. The molecular formula is C15H24N4O3. The summed E-state index contributed by atoms with van der Waals surface area (Å²) in [7, 11) is 3.29. The first-order valence-electron chi connectivity index (χ1n) is 7.59. The molecule has 0 bridgehead atoms. The van der Waals surface area contributed by atoms with Crippen molar-refractivity contribution in [1.82, 2.24) is 20.2 Å². The van der Waals surface area contributed by atoms with Gasteiger partial charge in [-0.25, -0.2) is 4.98 Å². The lowest BCUT2D eigenvalue weighted by molar-refractivity contribution is -0.141. The van der Waals surface area contributed by atoms with E-state index in [1.807, 2.05) is 4.90 Å². The van der Waals surface area contributed by atoms with Crippen molar-refractivity contribution >= 4 is 11.8 Å².